The second kappa shape index (κ2) is 10.0. The second-order valence-electron chi connectivity index (χ2n) is 13.2. The Morgan fingerprint density at radius 1 is 1.05 bits per heavy atom. The monoisotopic (exact) mass is 520 g/mol. The summed E-state index contributed by atoms with van der Waals surface area (Å²) < 4.78 is 5.57. The van der Waals surface area contributed by atoms with Crippen LogP contribution >= 0.6 is 0 Å². The molecule has 1 aromatic rings. The number of benzene rings is 1. The van der Waals surface area contributed by atoms with Crippen molar-refractivity contribution in [2.24, 2.45) is 28.6 Å². The molecular weight excluding hydrogens is 476 g/mol. The Labute approximate surface area is 227 Å². The van der Waals surface area contributed by atoms with Gasteiger partial charge in [-0.1, -0.05) is 55.8 Å². The first-order valence-electron chi connectivity index (χ1n) is 14.9. The van der Waals surface area contributed by atoms with E-state index in [1.807, 2.05) is 30.3 Å². The van der Waals surface area contributed by atoms with Crippen molar-refractivity contribution in [3.63, 3.8) is 0 Å². The van der Waals surface area contributed by atoms with Crippen molar-refractivity contribution >= 4 is 12.0 Å². The first-order chi connectivity index (χ1) is 18.3. The van der Waals surface area contributed by atoms with Crippen LogP contribution in [0.3, 0.4) is 0 Å². The van der Waals surface area contributed by atoms with Crippen molar-refractivity contribution in [2.45, 2.75) is 103 Å². The van der Waals surface area contributed by atoms with E-state index in [1.165, 1.54) is 12.0 Å². The van der Waals surface area contributed by atoms with E-state index in [0.717, 1.165) is 56.9 Å². The van der Waals surface area contributed by atoms with Gasteiger partial charge in [-0.15, -0.1) is 0 Å². The lowest BCUT2D eigenvalue weighted by atomic mass is 9.48. The van der Waals surface area contributed by atoms with Crippen molar-refractivity contribution < 1.29 is 19.4 Å². The minimum atomic E-state index is -0.440. The summed E-state index contributed by atoms with van der Waals surface area (Å²) in [5, 5.41) is 13.7. The summed E-state index contributed by atoms with van der Waals surface area (Å²) in [4.78, 5) is 28.1. The lowest BCUT2D eigenvalue weighted by Crippen LogP contribution is -2.56. The van der Waals surface area contributed by atoms with Gasteiger partial charge in [-0.3, -0.25) is 9.69 Å². The molecule has 3 saturated carbocycles. The molecule has 1 aromatic carbocycles. The first kappa shape index (κ1) is 25.9. The van der Waals surface area contributed by atoms with E-state index in [9.17, 15) is 14.7 Å². The molecule has 4 fully saturated rings. The number of carbonyl (C=O) groups excluding carboxylic acids is 2. The van der Waals surface area contributed by atoms with E-state index < -0.39 is 12.1 Å². The van der Waals surface area contributed by atoms with Crippen LogP contribution in [0.5, 0.6) is 0 Å². The van der Waals surface area contributed by atoms with Gasteiger partial charge in [-0.25, -0.2) is 4.79 Å². The maximum Gasteiger partial charge on any atom is 0.410 e. The van der Waals surface area contributed by atoms with Crippen molar-refractivity contribution in [2.75, 3.05) is 6.54 Å². The summed E-state index contributed by atoms with van der Waals surface area (Å²) in [6.07, 6.45) is 12.0. The standard InChI is InChI=1S/C32H44N2O4/c1-31-16-14-23(35)19-22(31)10-11-24-25-12-13-28(32(25,2)17-15-26(24)31)33-29(36)27-9-6-18-34(27)30(37)38-20-21-7-4-3-5-8-21/h3-5,7-8,10,23-28,35H,6,9,11-20H2,1-2H3,(H,33,36)/t23-,24-,25-,26-,27-,28-,31-,32-/m0/s1. The average Bonchev–Trinajstić information content (AvgIpc) is 3.53. The van der Waals surface area contributed by atoms with E-state index in [1.54, 1.807) is 4.90 Å². The van der Waals surface area contributed by atoms with Crippen molar-refractivity contribution in [1.29, 1.82) is 0 Å². The predicted molar refractivity (Wildman–Crippen MR) is 146 cm³/mol. The number of fused-ring (bicyclic) bond motifs is 5. The SMILES string of the molecule is C[C@]12CC[C@H]3[C@@H](CC=C4C[C@@H](O)CC[C@@]43C)[C@@H]1CC[C@@H]2NC(=O)[C@@H]1CCCN1C(=O)OCc1ccccc1. The van der Waals surface area contributed by atoms with Crippen molar-refractivity contribution in [3.8, 4) is 0 Å². The molecule has 0 unspecified atom stereocenters. The molecule has 0 aromatic heterocycles. The van der Waals surface area contributed by atoms with Gasteiger partial charge in [-0.05, 0) is 98.4 Å². The number of rotatable bonds is 4. The van der Waals surface area contributed by atoms with Crippen LogP contribution in [0.2, 0.25) is 0 Å². The predicted octanol–water partition coefficient (Wildman–Crippen LogP) is 5.60. The molecule has 206 valence electrons. The number of allylic oxidation sites excluding steroid dienone is 1. The lowest BCUT2D eigenvalue weighted by molar-refractivity contribution is -0.127. The highest BCUT2D eigenvalue weighted by Gasteiger charge is 2.59. The number of hydrogen-bond acceptors (Lipinski definition) is 4. The van der Waals surface area contributed by atoms with Gasteiger partial charge in [0, 0.05) is 12.6 Å². The van der Waals surface area contributed by atoms with E-state index in [2.05, 4.69) is 25.2 Å². The molecule has 6 heteroatoms. The van der Waals surface area contributed by atoms with Gasteiger partial charge in [0.1, 0.15) is 12.6 Å². The number of aliphatic hydroxyl groups excluding tert-OH is 1. The van der Waals surface area contributed by atoms with Gasteiger partial charge in [-0.2, -0.15) is 0 Å². The van der Waals surface area contributed by atoms with E-state index in [0.29, 0.717) is 30.7 Å². The fraction of sp³-hybridized carbons (Fsp3) is 0.688. The maximum atomic E-state index is 13.6. The van der Waals surface area contributed by atoms with Gasteiger partial charge >= 0.3 is 6.09 Å². The Bertz CT molecular complexity index is 1090. The molecular formula is C32H44N2O4. The van der Waals surface area contributed by atoms with Crippen LogP contribution in [0.15, 0.2) is 42.0 Å². The smallest absolute Gasteiger partial charge is 0.410 e. The Morgan fingerprint density at radius 3 is 2.68 bits per heavy atom. The zero-order valence-corrected chi connectivity index (χ0v) is 23.0. The molecule has 4 aliphatic carbocycles. The molecule has 0 spiro atoms. The molecule has 6 nitrogen and oxygen atoms in total. The first-order valence-corrected chi connectivity index (χ1v) is 14.9. The molecule has 1 aliphatic heterocycles. The van der Waals surface area contributed by atoms with Crippen molar-refractivity contribution in [1.82, 2.24) is 10.2 Å². The summed E-state index contributed by atoms with van der Waals surface area (Å²) in [5.74, 6) is 1.96. The van der Waals surface area contributed by atoms with Gasteiger partial charge in [0.05, 0.1) is 6.10 Å². The van der Waals surface area contributed by atoms with Crippen molar-refractivity contribution in [3.05, 3.63) is 47.5 Å². The molecule has 2 amide bonds. The highest BCUT2D eigenvalue weighted by Crippen LogP contribution is 2.64. The number of likely N-dealkylation sites (tertiary alicyclic amines) is 1. The zero-order chi connectivity index (χ0) is 26.5. The quantitative estimate of drug-likeness (QED) is 0.507. The normalized spacial score (nSPS) is 40.0. The number of nitrogens with one attached hydrogen (secondary N) is 1. The molecule has 8 atom stereocenters. The van der Waals surface area contributed by atoms with Crippen LogP contribution in [-0.4, -0.2) is 46.7 Å². The number of hydrogen-bond donors (Lipinski definition) is 2. The van der Waals surface area contributed by atoms with Gasteiger partial charge < -0.3 is 15.2 Å². The minimum absolute atomic E-state index is 0.00721. The van der Waals surface area contributed by atoms with E-state index >= 15 is 0 Å². The van der Waals surface area contributed by atoms with Gasteiger partial charge in [0.15, 0.2) is 0 Å². The fourth-order valence-corrected chi connectivity index (χ4v) is 9.21. The summed E-state index contributed by atoms with van der Waals surface area (Å²) in [6, 6.07) is 9.40. The van der Waals surface area contributed by atoms with Crippen LogP contribution in [-0.2, 0) is 16.1 Å². The fourth-order valence-electron chi connectivity index (χ4n) is 9.21. The number of nitrogens with zero attached hydrogens (tertiary/aromatic N) is 1. The molecule has 6 rings (SSSR count). The Balaban J connectivity index is 1.11. The number of ether oxygens (including phenoxy) is 1. The summed E-state index contributed by atoms with van der Waals surface area (Å²) in [6.45, 7) is 5.67. The molecule has 38 heavy (non-hydrogen) atoms. The zero-order valence-electron chi connectivity index (χ0n) is 23.0. The minimum Gasteiger partial charge on any atom is -0.445 e. The Morgan fingerprint density at radius 2 is 1.87 bits per heavy atom. The summed E-state index contributed by atoms with van der Waals surface area (Å²) in [5.41, 5.74) is 2.79. The highest BCUT2D eigenvalue weighted by molar-refractivity contribution is 5.86. The molecule has 1 saturated heterocycles. The topological polar surface area (TPSA) is 78.9 Å². The Hall–Kier alpha value is -2.34. The third-order valence-corrected chi connectivity index (χ3v) is 11.4. The second-order valence-corrected chi connectivity index (χ2v) is 13.2. The maximum absolute atomic E-state index is 13.6. The number of aliphatic hydroxyl groups is 1. The van der Waals surface area contributed by atoms with Crippen LogP contribution < -0.4 is 5.32 Å². The van der Waals surface area contributed by atoms with Crippen LogP contribution in [0, 0.1) is 28.6 Å². The van der Waals surface area contributed by atoms with Gasteiger partial charge in [0.25, 0.3) is 0 Å². The third-order valence-electron chi connectivity index (χ3n) is 11.4. The molecule has 0 bridgehead atoms. The molecule has 5 aliphatic rings. The van der Waals surface area contributed by atoms with Crippen LogP contribution in [0.25, 0.3) is 0 Å². The van der Waals surface area contributed by atoms with E-state index in [4.69, 9.17) is 4.74 Å². The number of amides is 2. The van der Waals surface area contributed by atoms with Crippen LogP contribution in [0.4, 0.5) is 4.79 Å². The Kier molecular flexibility index (Phi) is 6.82. The largest absolute Gasteiger partial charge is 0.445 e. The summed E-state index contributed by atoms with van der Waals surface area (Å²) >= 11 is 0. The van der Waals surface area contributed by atoms with Crippen LogP contribution in [0.1, 0.15) is 83.6 Å². The number of carbonyl (C=O) groups is 2. The molecule has 1 heterocycles. The molecule has 2 N–H and O–H groups in total. The van der Waals surface area contributed by atoms with E-state index in [-0.39, 0.29) is 35.5 Å². The summed E-state index contributed by atoms with van der Waals surface area (Å²) in [7, 11) is 0. The average molecular weight is 521 g/mol. The molecule has 0 radical (unpaired) electrons. The lowest BCUT2D eigenvalue weighted by Gasteiger charge is -2.58. The van der Waals surface area contributed by atoms with Gasteiger partial charge in [0.2, 0.25) is 5.91 Å². The highest BCUT2D eigenvalue weighted by atomic mass is 16.6. The third kappa shape index (κ3) is 4.37.